The third kappa shape index (κ3) is 7.10. The van der Waals surface area contributed by atoms with Gasteiger partial charge in [-0.2, -0.15) is 0 Å². The number of benzene rings is 3. The lowest BCUT2D eigenvalue weighted by atomic mass is 10.0. The summed E-state index contributed by atoms with van der Waals surface area (Å²) in [4.78, 5) is 30.4. The van der Waals surface area contributed by atoms with E-state index in [9.17, 15) is 9.59 Å². The van der Waals surface area contributed by atoms with Crippen LogP contribution in [0.4, 0.5) is 0 Å². The van der Waals surface area contributed by atoms with Gasteiger partial charge in [-0.1, -0.05) is 67.1 Å². The van der Waals surface area contributed by atoms with Crippen LogP contribution in [0.25, 0.3) is 17.1 Å². The van der Waals surface area contributed by atoms with Crippen molar-refractivity contribution in [1.82, 2.24) is 24.6 Å². The third-order valence-electron chi connectivity index (χ3n) is 7.86. The van der Waals surface area contributed by atoms with Gasteiger partial charge in [0, 0.05) is 42.5 Å². The Balaban J connectivity index is 1.25. The minimum absolute atomic E-state index is 0.0189. The van der Waals surface area contributed by atoms with Crippen molar-refractivity contribution in [3.05, 3.63) is 89.5 Å². The van der Waals surface area contributed by atoms with Crippen molar-refractivity contribution in [2.45, 2.75) is 51.2 Å². The number of ether oxygens (including phenoxy) is 1. The van der Waals surface area contributed by atoms with E-state index in [1.54, 1.807) is 7.11 Å². The van der Waals surface area contributed by atoms with Crippen molar-refractivity contribution in [3.8, 4) is 22.8 Å². The first-order chi connectivity index (χ1) is 20.9. The summed E-state index contributed by atoms with van der Waals surface area (Å²) >= 11 is 1.37. The zero-order chi connectivity index (χ0) is 30.3. The molecule has 4 aromatic rings. The average molecular weight is 598 g/mol. The summed E-state index contributed by atoms with van der Waals surface area (Å²) in [6.45, 7) is 7.75. The van der Waals surface area contributed by atoms with Gasteiger partial charge in [-0.25, -0.2) is 0 Å². The van der Waals surface area contributed by atoms with E-state index in [1.807, 2.05) is 88.9 Å². The second-order valence-electron chi connectivity index (χ2n) is 11.0. The number of aryl methyl sites for hydroxylation is 2. The molecule has 0 radical (unpaired) electrons. The predicted octanol–water partition coefficient (Wildman–Crippen LogP) is 6.06. The van der Waals surface area contributed by atoms with Crippen LogP contribution in [0, 0.1) is 6.92 Å². The van der Waals surface area contributed by atoms with E-state index >= 15 is 0 Å². The van der Waals surface area contributed by atoms with Crippen LogP contribution >= 0.6 is 11.8 Å². The van der Waals surface area contributed by atoms with Crippen molar-refractivity contribution in [2.24, 2.45) is 0 Å². The number of thioether (sulfide) groups is 1. The predicted molar refractivity (Wildman–Crippen MR) is 171 cm³/mol. The molecule has 0 spiro atoms. The maximum absolute atomic E-state index is 13.4. The highest BCUT2D eigenvalue weighted by Gasteiger charge is 2.30. The van der Waals surface area contributed by atoms with Gasteiger partial charge in [0.1, 0.15) is 5.75 Å². The zero-order valence-electron chi connectivity index (χ0n) is 25.3. The number of carbonyl (C=O) groups is 2. The van der Waals surface area contributed by atoms with Crippen LogP contribution in [0.3, 0.4) is 0 Å². The molecule has 8 nitrogen and oxygen atoms in total. The van der Waals surface area contributed by atoms with E-state index in [2.05, 4.69) is 29.3 Å². The summed E-state index contributed by atoms with van der Waals surface area (Å²) in [7, 11) is 1.64. The molecule has 0 saturated carbocycles. The van der Waals surface area contributed by atoms with Gasteiger partial charge in [0.05, 0.1) is 12.9 Å². The maximum atomic E-state index is 13.4. The molecule has 9 heteroatoms. The average Bonchev–Trinajstić information content (AvgIpc) is 3.46. The molecule has 1 aliphatic rings. The Labute approximate surface area is 258 Å². The largest absolute Gasteiger partial charge is 0.497 e. The van der Waals surface area contributed by atoms with Crippen molar-refractivity contribution >= 4 is 23.6 Å². The molecule has 224 valence electrons. The van der Waals surface area contributed by atoms with E-state index < -0.39 is 0 Å². The second kappa shape index (κ2) is 13.9. The first-order valence-corrected chi connectivity index (χ1v) is 15.8. The summed E-state index contributed by atoms with van der Waals surface area (Å²) in [5.74, 6) is 1.73. The fourth-order valence-electron chi connectivity index (χ4n) is 5.28. The van der Waals surface area contributed by atoms with Gasteiger partial charge in [-0.15, -0.1) is 10.2 Å². The number of aromatic nitrogens is 3. The molecule has 3 aromatic carbocycles. The summed E-state index contributed by atoms with van der Waals surface area (Å²) in [6.07, 6.45) is 3.33. The van der Waals surface area contributed by atoms with Gasteiger partial charge in [-0.05, 0) is 68.7 Å². The van der Waals surface area contributed by atoms with Gasteiger partial charge < -0.3 is 14.5 Å². The molecule has 1 unspecified atom stereocenters. The number of carbonyl (C=O) groups excluding carboxylic acids is 2. The third-order valence-corrected chi connectivity index (χ3v) is 8.77. The minimum Gasteiger partial charge on any atom is -0.497 e. The highest BCUT2D eigenvalue weighted by molar-refractivity contribution is 7.99. The fraction of sp³-hybridized carbons (Fsp3) is 0.353. The Bertz CT molecular complexity index is 1530. The first kappa shape index (κ1) is 30.4. The molecule has 1 fully saturated rings. The topological polar surface area (TPSA) is 80.6 Å². The maximum Gasteiger partial charge on any atom is 0.254 e. The Hall–Kier alpha value is -4.11. The Morgan fingerprint density at radius 2 is 1.67 bits per heavy atom. The normalized spacial score (nSPS) is 15.0. The van der Waals surface area contributed by atoms with E-state index in [0.717, 1.165) is 41.8 Å². The molecule has 1 saturated heterocycles. The quantitative estimate of drug-likeness (QED) is 0.207. The van der Waals surface area contributed by atoms with E-state index in [4.69, 9.17) is 4.74 Å². The number of piperazine rings is 1. The van der Waals surface area contributed by atoms with Gasteiger partial charge in [0.25, 0.3) is 5.91 Å². The molecule has 0 N–H and O–H groups in total. The number of hydrogen-bond acceptors (Lipinski definition) is 6. The molecule has 2 heterocycles. The van der Waals surface area contributed by atoms with Crippen LogP contribution in [0.5, 0.6) is 5.75 Å². The van der Waals surface area contributed by atoms with Crippen LogP contribution < -0.4 is 4.74 Å². The molecule has 43 heavy (non-hydrogen) atoms. The van der Waals surface area contributed by atoms with Crippen molar-refractivity contribution < 1.29 is 14.3 Å². The molecular weight excluding hydrogens is 558 g/mol. The summed E-state index contributed by atoms with van der Waals surface area (Å²) in [5, 5.41) is 9.62. The number of methoxy groups -OCH3 is 1. The van der Waals surface area contributed by atoms with Gasteiger partial charge in [0.15, 0.2) is 11.0 Å². The van der Waals surface area contributed by atoms with Crippen molar-refractivity contribution in [1.29, 1.82) is 0 Å². The van der Waals surface area contributed by atoms with Crippen LogP contribution in [-0.4, -0.2) is 74.9 Å². The second-order valence-corrected chi connectivity index (χ2v) is 11.9. The number of hydrogen-bond donors (Lipinski definition) is 0. The number of nitrogens with zero attached hydrogens (tertiary/aromatic N) is 5. The Morgan fingerprint density at radius 3 is 2.33 bits per heavy atom. The summed E-state index contributed by atoms with van der Waals surface area (Å²) in [6, 6.07) is 23.8. The van der Waals surface area contributed by atoms with E-state index in [-0.39, 0.29) is 23.6 Å². The molecule has 1 aliphatic heterocycles. The molecule has 5 rings (SSSR count). The highest BCUT2D eigenvalue weighted by Crippen LogP contribution is 2.29. The molecule has 0 aliphatic carbocycles. The Morgan fingerprint density at radius 1 is 0.953 bits per heavy atom. The molecule has 1 atom stereocenters. The minimum atomic E-state index is -0.0777. The van der Waals surface area contributed by atoms with Crippen LogP contribution in [-0.2, 0) is 11.2 Å². The zero-order valence-corrected chi connectivity index (χ0v) is 26.1. The van der Waals surface area contributed by atoms with Crippen LogP contribution in [0.1, 0.15) is 48.2 Å². The molecule has 2 amide bonds. The molecular formula is C34H39N5O3S. The van der Waals surface area contributed by atoms with Crippen molar-refractivity contribution in [2.75, 3.05) is 32.5 Å². The summed E-state index contributed by atoms with van der Waals surface area (Å²) < 4.78 is 7.32. The van der Waals surface area contributed by atoms with Gasteiger partial charge in [0.2, 0.25) is 5.91 Å². The summed E-state index contributed by atoms with van der Waals surface area (Å²) in [5.41, 5.74) is 4.95. The monoisotopic (exact) mass is 597 g/mol. The lowest BCUT2D eigenvalue weighted by molar-refractivity contribution is -0.130. The Kier molecular flexibility index (Phi) is 9.82. The lowest BCUT2D eigenvalue weighted by Gasteiger charge is -2.40. The fourth-order valence-corrected chi connectivity index (χ4v) is 6.14. The van der Waals surface area contributed by atoms with Gasteiger partial charge in [-0.3, -0.25) is 14.2 Å². The van der Waals surface area contributed by atoms with E-state index in [1.165, 1.54) is 17.3 Å². The molecule has 0 bridgehead atoms. The molecule has 1 aromatic heterocycles. The smallest absolute Gasteiger partial charge is 0.254 e. The highest BCUT2D eigenvalue weighted by atomic mass is 32.2. The number of unbranched alkanes of at least 4 members (excludes halogenated alkanes) is 1. The van der Waals surface area contributed by atoms with Gasteiger partial charge >= 0.3 is 0 Å². The standard InChI is InChI=1S/C34H39N5O3S/c1-5-6-7-26-10-14-28(15-11-26)33(41)38-21-20-37(22-25(38)3)31(40)23-43-34-36-35-32(27-12-8-24(2)9-13-27)39(34)29-16-18-30(42-4)19-17-29/h8-19,25H,5-7,20-23H2,1-4H3. The number of rotatable bonds is 10. The first-order valence-electron chi connectivity index (χ1n) is 14.8. The SMILES string of the molecule is CCCCc1ccc(C(=O)N2CCN(C(=O)CSc3nnc(-c4ccc(C)cc4)n3-c3ccc(OC)cc3)CC2C)cc1. The van der Waals surface area contributed by atoms with Crippen LogP contribution in [0.15, 0.2) is 78.0 Å². The van der Waals surface area contributed by atoms with Crippen LogP contribution in [0.2, 0.25) is 0 Å². The van der Waals surface area contributed by atoms with Crippen molar-refractivity contribution in [3.63, 3.8) is 0 Å². The lowest BCUT2D eigenvalue weighted by Crippen LogP contribution is -2.55. The van der Waals surface area contributed by atoms with E-state index in [0.29, 0.717) is 36.2 Å². The number of amides is 2.